The molecule has 1 unspecified atom stereocenters. The predicted molar refractivity (Wildman–Crippen MR) is 78.7 cm³/mol. The van der Waals surface area contributed by atoms with E-state index in [9.17, 15) is 9.59 Å². The van der Waals surface area contributed by atoms with Gasteiger partial charge in [0.25, 0.3) is 0 Å². The number of aldehydes is 1. The van der Waals surface area contributed by atoms with Gasteiger partial charge in [0.15, 0.2) is 0 Å². The summed E-state index contributed by atoms with van der Waals surface area (Å²) in [6, 6.07) is 5.42. The molecule has 0 spiro atoms. The van der Waals surface area contributed by atoms with E-state index in [0.29, 0.717) is 13.2 Å². The first-order valence-electron chi connectivity index (χ1n) is 6.69. The fourth-order valence-electron chi connectivity index (χ4n) is 1.93. The molecule has 0 saturated heterocycles. The van der Waals surface area contributed by atoms with Gasteiger partial charge >= 0.3 is 0 Å². The first kappa shape index (κ1) is 16.4. The van der Waals surface area contributed by atoms with Crippen LogP contribution in [-0.4, -0.2) is 31.8 Å². The Hall–Kier alpha value is -1.68. The van der Waals surface area contributed by atoms with E-state index in [0.717, 1.165) is 23.2 Å². The fourth-order valence-corrected chi connectivity index (χ4v) is 1.93. The maximum Gasteiger partial charge on any atom is 0.206 e. The zero-order chi connectivity index (χ0) is 15.2. The van der Waals surface area contributed by atoms with Crippen molar-refractivity contribution in [3.63, 3.8) is 0 Å². The zero-order valence-corrected chi connectivity index (χ0v) is 12.5. The van der Waals surface area contributed by atoms with Crippen molar-refractivity contribution < 1.29 is 14.3 Å². The average Bonchev–Trinajstić information content (AvgIpc) is 2.41. The fraction of sp³-hybridized carbons (Fsp3) is 0.500. The zero-order valence-electron chi connectivity index (χ0n) is 12.5. The van der Waals surface area contributed by atoms with E-state index < -0.39 is 11.5 Å². The van der Waals surface area contributed by atoms with Gasteiger partial charge in [0.05, 0.1) is 11.5 Å². The molecule has 4 nitrogen and oxygen atoms in total. The third-order valence-corrected chi connectivity index (χ3v) is 3.30. The summed E-state index contributed by atoms with van der Waals surface area (Å²) < 4.78 is 5.73. The lowest BCUT2D eigenvalue weighted by Crippen LogP contribution is -2.45. The van der Waals surface area contributed by atoms with Crippen molar-refractivity contribution in [2.45, 2.75) is 33.7 Å². The number of carbonyl (C=O) groups excluding carboxylic acids is 2. The van der Waals surface area contributed by atoms with Crippen LogP contribution in [0.1, 0.15) is 25.0 Å². The third-order valence-electron chi connectivity index (χ3n) is 3.30. The summed E-state index contributed by atoms with van der Waals surface area (Å²) in [7, 11) is 0. The Bertz CT molecular complexity index is 449. The Morgan fingerprint density at radius 3 is 2.45 bits per heavy atom. The Morgan fingerprint density at radius 1 is 1.35 bits per heavy atom. The summed E-state index contributed by atoms with van der Waals surface area (Å²) in [6.07, 6.45) is 2.62. The number of ether oxygens (including phenoxy) is 1. The summed E-state index contributed by atoms with van der Waals surface area (Å²) in [4.78, 5) is 21.8. The van der Waals surface area contributed by atoms with Crippen LogP contribution in [0.3, 0.4) is 0 Å². The summed E-state index contributed by atoms with van der Waals surface area (Å²) in [5, 5.41) is 3.01. The van der Waals surface area contributed by atoms with E-state index in [1.54, 1.807) is 13.8 Å². The second kappa shape index (κ2) is 7.20. The van der Waals surface area contributed by atoms with Gasteiger partial charge in [0, 0.05) is 6.54 Å². The highest BCUT2D eigenvalue weighted by atomic mass is 16.5. The quantitative estimate of drug-likeness (QED) is 0.582. The van der Waals surface area contributed by atoms with Crippen LogP contribution in [0.2, 0.25) is 0 Å². The summed E-state index contributed by atoms with van der Waals surface area (Å²) in [6.45, 7) is 8.27. The number of benzene rings is 1. The van der Waals surface area contributed by atoms with Crippen LogP contribution in [0.5, 0.6) is 5.75 Å². The van der Waals surface area contributed by atoms with Crippen LogP contribution < -0.4 is 10.1 Å². The second-order valence-corrected chi connectivity index (χ2v) is 5.46. The molecule has 1 aromatic carbocycles. The van der Waals surface area contributed by atoms with Gasteiger partial charge < -0.3 is 14.8 Å². The molecule has 20 heavy (non-hydrogen) atoms. The molecule has 0 aliphatic heterocycles. The van der Waals surface area contributed by atoms with Crippen molar-refractivity contribution in [3.05, 3.63) is 29.3 Å². The molecule has 0 saturated carbocycles. The highest BCUT2D eigenvalue weighted by molar-refractivity contribution is 5.71. The van der Waals surface area contributed by atoms with Gasteiger partial charge in [-0.2, -0.15) is 0 Å². The first-order chi connectivity index (χ1) is 9.42. The van der Waals surface area contributed by atoms with Crippen molar-refractivity contribution in [2.75, 3.05) is 13.2 Å². The van der Waals surface area contributed by atoms with Gasteiger partial charge in [-0.05, 0) is 25.0 Å². The van der Waals surface area contributed by atoms with E-state index in [1.165, 1.54) is 0 Å². The summed E-state index contributed by atoms with van der Waals surface area (Å²) in [5.74, 6) is 0.873. The van der Waals surface area contributed by atoms with Crippen LogP contribution >= 0.6 is 0 Å². The summed E-state index contributed by atoms with van der Waals surface area (Å²) in [5.41, 5.74) is 1.33. The Kier molecular flexibility index (Phi) is 5.89. The average molecular weight is 276 g/mol. The van der Waals surface area contributed by atoms with Crippen LogP contribution in [0, 0.1) is 19.3 Å². The molecule has 4 heteroatoms. The van der Waals surface area contributed by atoms with E-state index >= 15 is 0 Å². The highest BCUT2D eigenvalue weighted by Crippen LogP contribution is 2.22. The third kappa shape index (κ3) is 4.17. The maximum atomic E-state index is 11.0. The Balaban J connectivity index is 2.49. The predicted octanol–water partition coefficient (Wildman–Crippen LogP) is 1.98. The molecule has 109 valence electrons. The van der Waals surface area contributed by atoms with Crippen LogP contribution in [0.15, 0.2) is 18.2 Å². The van der Waals surface area contributed by atoms with Gasteiger partial charge in [-0.1, -0.05) is 32.0 Å². The number of carbonyl (C=O) groups is 1. The number of rotatable bonds is 8. The van der Waals surface area contributed by atoms with Gasteiger partial charge in [-0.15, -0.1) is 0 Å². The van der Waals surface area contributed by atoms with Gasteiger partial charge in [0.1, 0.15) is 18.6 Å². The number of nitrogens with one attached hydrogen (secondary N) is 1. The van der Waals surface area contributed by atoms with Gasteiger partial charge in [-0.3, -0.25) is 4.79 Å². The Morgan fingerprint density at radius 2 is 1.95 bits per heavy atom. The normalized spacial score (nSPS) is 12.8. The maximum absolute atomic E-state index is 11.0. The van der Waals surface area contributed by atoms with Crippen molar-refractivity contribution in [3.8, 4) is 5.75 Å². The van der Waals surface area contributed by atoms with Crippen LogP contribution in [0.4, 0.5) is 0 Å². The SMILES string of the molecule is Cc1cccc(C)c1OCCNC(C=O)C(C)(C)[C]=O. The molecule has 0 heterocycles. The van der Waals surface area contributed by atoms with Gasteiger partial charge in [-0.25, -0.2) is 0 Å². The number of hydrogen-bond acceptors (Lipinski definition) is 4. The standard InChI is InChI=1S/C16H22NO3/c1-12-6-5-7-13(2)15(12)20-9-8-17-14(10-18)16(3,4)11-19/h5-7,10,14,17H,8-9H2,1-4H3. The minimum Gasteiger partial charge on any atom is -0.492 e. The minimum atomic E-state index is -0.833. The number of para-hydroxylation sites is 1. The van der Waals surface area contributed by atoms with Crippen molar-refractivity contribution in [2.24, 2.45) is 5.41 Å². The molecule has 0 aromatic heterocycles. The lowest BCUT2D eigenvalue weighted by atomic mass is 9.87. The van der Waals surface area contributed by atoms with Crippen molar-refractivity contribution in [1.29, 1.82) is 0 Å². The van der Waals surface area contributed by atoms with E-state index in [1.807, 2.05) is 38.3 Å². The minimum absolute atomic E-state index is 0.435. The smallest absolute Gasteiger partial charge is 0.206 e. The molecule has 1 aromatic rings. The molecule has 0 fully saturated rings. The molecule has 0 bridgehead atoms. The number of aryl methyl sites for hydroxylation is 2. The molecule has 0 aliphatic carbocycles. The molecule has 1 rings (SSSR count). The van der Waals surface area contributed by atoms with E-state index in [-0.39, 0.29) is 0 Å². The molecule has 1 N–H and O–H groups in total. The molecular weight excluding hydrogens is 254 g/mol. The van der Waals surface area contributed by atoms with E-state index in [2.05, 4.69) is 5.32 Å². The molecule has 0 amide bonds. The topological polar surface area (TPSA) is 55.4 Å². The number of hydrogen-bond donors (Lipinski definition) is 1. The molecule has 1 radical (unpaired) electrons. The highest BCUT2D eigenvalue weighted by Gasteiger charge is 2.29. The molecule has 1 atom stereocenters. The second-order valence-electron chi connectivity index (χ2n) is 5.46. The monoisotopic (exact) mass is 276 g/mol. The van der Waals surface area contributed by atoms with Crippen molar-refractivity contribution >= 4 is 12.6 Å². The molecule has 0 aliphatic rings. The Labute approximate surface area is 120 Å². The lowest BCUT2D eigenvalue weighted by Gasteiger charge is -2.24. The lowest BCUT2D eigenvalue weighted by molar-refractivity contribution is -0.111. The molecular formula is C16H22NO3. The van der Waals surface area contributed by atoms with Crippen molar-refractivity contribution in [1.82, 2.24) is 5.32 Å². The first-order valence-corrected chi connectivity index (χ1v) is 6.69. The van der Waals surface area contributed by atoms with Crippen LogP contribution in [0.25, 0.3) is 0 Å². The largest absolute Gasteiger partial charge is 0.492 e. The van der Waals surface area contributed by atoms with Crippen LogP contribution in [-0.2, 0) is 9.59 Å². The summed E-state index contributed by atoms with van der Waals surface area (Å²) >= 11 is 0. The van der Waals surface area contributed by atoms with Gasteiger partial charge in [0.2, 0.25) is 6.29 Å². The van der Waals surface area contributed by atoms with E-state index in [4.69, 9.17) is 4.74 Å².